The van der Waals surface area contributed by atoms with Crippen molar-refractivity contribution in [2.45, 2.75) is 25.7 Å². The van der Waals surface area contributed by atoms with Gasteiger partial charge in [-0.05, 0) is 12.8 Å². The van der Waals surface area contributed by atoms with E-state index < -0.39 is 24.5 Å². The molecule has 0 atom stereocenters. The number of hydrogen-bond donors (Lipinski definition) is 2. The molecule has 122 valence electrons. The lowest BCUT2D eigenvalue weighted by atomic mass is 10.2. The lowest BCUT2D eigenvalue weighted by molar-refractivity contribution is -0.152. The van der Waals surface area contributed by atoms with Gasteiger partial charge in [0.25, 0.3) is 5.91 Å². The highest BCUT2D eigenvalue weighted by atomic mass is 16.5. The van der Waals surface area contributed by atoms with Crippen molar-refractivity contribution in [3.63, 3.8) is 0 Å². The summed E-state index contributed by atoms with van der Waals surface area (Å²) in [5, 5.41) is 4.34. The van der Waals surface area contributed by atoms with Crippen LogP contribution >= 0.6 is 0 Å². The van der Waals surface area contributed by atoms with Crippen molar-refractivity contribution >= 4 is 23.8 Å². The molecule has 1 aliphatic rings. The second-order valence-electron chi connectivity index (χ2n) is 4.83. The van der Waals surface area contributed by atoms with Crippen molar-refractivity contribution in [2.24, 2.45) is 0 Å². The van der Waals surface area contributed by atoms with Crippen molar-refractivity contribution in [1.29, 1.82) is 0 Å². The molecule has 4 amide bonds. The maximum absolute atomic E-state index is 11.7. The topological polar surface area (TPSA) is 105 Å². The van der Waals surface area contributed by atoms with Gasteiger partial charge in [-0.2, -0.15) is 0 Å². The fraction of sp³-hybridized carbons (Fsp3) is 0.571. The summed E-state index contributed by atoms with van der Waals surface area (Å²) in [6.45, 7) is 3.41. The van der Waals surface area contributed by atoms with Gasteiger partial charge < -0.3 is 15.0 Å². The van der Waals surface area contributed by atoms with Crippen LogP contribution in [0.3, 0.4) is 0 Å². The molecule has 0 aromatic rings. The van der Waals surface area contributed by atoms with Crippen LogP contribution in [0.5, 0.6) is 0 Å². The fourth-order valence-corrected chi connectivity index (χ4v) is 1.93. The molecule has 0 radical (unpaired) electrons. The molecule has 1 saturated heterocycles. The van der Waals surface area contributed by atoms with Crippen LogP contribution in [0.25, 0.3) is 0 Å². The maximum atomic E-state index is 11.7. The van der Waals surface area contributed by atoms with Crippen LogP contribution in [0.15, 0.2) is 12.7 Å². The highest BCUT2D eigenvalue weighted by Gasteiger charge is 2.20. The van der Waals surface area contributed by atoms with Crippen molar-refractivity contribution in [2.75, 3.05) is 26.2 Å². The molecule has 22 heavy (non-hydrogen) atoms. The predicted octanol–water partition coefficient (Wildman–Crippen LogP) is -0.0560. The third-order valence-corrected chi connectivity index (χ3v) is 3.02. The van der Waals surface area contributed by atoms with Gasteiger partial charge in [-0.3, -0.25) is 19.7 Å². The molecule has 1 heterocycles. The second kappa shape index (κ2) is 9.54. The number of nitrogens with one attached hydrogen (secondary N) is 2. The molecule has 1 fully saturated rings. The van der Waals surface area contributed by atoms with Gasteiger partial charge in [0.2, 0.25) is 5.91 Å². The SMILES string of the molecule is C=CCNC(=O)NC(=O)COC(=O)CN1CCCCCC1=O. The molecular formula is C14H21N3O5. The Kier molecular flexibility index (Phi) is 7.66. The number of esters is 1. The molecule has 0 unspecified atom stereocenters. The van der Waals surface area contributed by atoms with Gasteiger partial charge in [0.1, 0.15) is 6.54 Å². The van der Waals surface area contributed by atoms with Gasteiger partial charge >= 0.3 is 12.0 Å². The minimum atomic E-state index is -0.739. The Morgan fingerprint density at radius 3 is 2.77 bits per heavy atom. The standard InChI is InChI=1S/C14H21N3O5/c1-2-7-15-14(21)16-11(18)10-22-13(20)9-17-8-5-3-4-6-12(17)19/h2H,1,3-10H2,(H2,15,16,18,21). The van der Waals surface area contributed by atoms with Gasteiger partial charge in [0, 0.05) is 19.5 Å². The van der Waals surface area contributed by atoms with Crippen LogP contribution in [0.4, 0.5) is 4.79 Å². The van der Waals surface area contributed by atoms with Crippen LogP contribution in [0.2, 0.25) is 0 Å². The van der Waals surface area contributed by atoms with Crippen molar-refractivity contribution in [1.82, 2.24) is 15.5 Å². The molecule has 0 saturated carbocycles. The van der Waals surface area contributed by atoms with Crippen molar-refractivity contribution in [3.05, 3.63) is 12.7 Å². The largest absolute Gasteiger partial charge is 0.454 e. The Morgan fingerprint density at radius 2 is 2.05 bits per heavy atom. The number of urea groups is 1. The quantitative estimate of drug-likeness (QED) is 0.528. The van der Waals surface area contributed by atoms with E-state index in [4.69, 9.17) is 4.74 Å². The average molecular weight is 311 g/mol. The third-order valence-electron chi connectivity index (χ3n) is 3.02. The van der Waals surface area contributed by atoms with Crippen LogP contribution in [-0.4, -0.2) is 55.0 Å². The summed E-state index contributed by atoms with van der Waals surface area (Å²) in [4.78, 5) is 47.3. The summed E-state index contributed by atoms with van der Waals surface area (Å²) >= 11 is 0. The second-order valence-corrected chi connectivity index (χ2v) is 4.83. The molecule has 0 aliphatic carbocycles. The maximum Gasteiger partial charge on any atom is 0.326 e. The molecule has 8 heteroatoms. The fourth-order valence-electron chi connectivity index (χ4n) is 1.93. The summed E-state index contributed by atoms with van der Waals surface area (Å²) in [6.07, 6.45) is 4.52. The van der Waals surface area contributed by atoms with Crippen LogP contribution in [0, 0.1) is 0 Å². The third kappa shape index (κ3) is 6.87. The molecule has 0 aromatic heterocycles. The molecule has 2 N–H and O–H groups in total. The molecule has 0 aromatic carbocycles. The van der Waals surface area contributed by atoms with E-state index in [0.29, 0.717) is 13.0 Å². The van der Waals surface area contributed by atoms with E-state index in [1.807, 2.05) is 5.32 Å². The van der Waals surface area contributed by atoms with Crippen LogP contribution in [-0.2, 0) is 19.1 Å². The normalized spacial score (nSPS) is 14.7. The summed E-state index contributed by atoms with van der Waals surface area (Å²) < 4.78 is 4.76. The number of amides is 4. The van der Waals surface area contributed by atoms with Crippen molar-refractivity contribution < 1.29 is 23.9 Å². The number of rotatable bonds is 6. The lowest BCUT2D eigenvalue weighted by Crippen LogP contribution is -2.42. The highest BCUT2D eigenvalue weighted by Crippen LogP contribution is 2.10. The first-order valence-electron chi connectivity index (χ1n) is 7.15. The first-order valence-corrected chi connectivity index (χ1v) is 7.15. The molecular weight excluding hydrogens is 290 g/mol. The number of nitrogens with zero attached hydrogens (tertiary/aromatic N) is 1. The van der Waals surface area contributed by atoms with Gasteiger partial charge in [-0.1, -0.05) is 12.5 Å². The van der Waals surface area contributed by atoms with Gasteiger partial charge in [0.05, 0.1) is 0 Å². The smallest absolute Gasteiger partial charge is 0.326 e. The van der Waals surface area contributed by atoms with Gasteiger partial charge in [-0.25, -0.2) is 4.79 Å². The Hall–Kier alpha value is -2.38. The Bertz CT molecular complexity index is 450. The van der Waals surface area contributed by atoms with Gasteiger partial charge in [-0.15, -0.1) is 6.58 Å². The molecule has 8 nitrogen and oxygen atoms in total. The van der Waals surface area contributed by atoms with Crippen LogP contribution < -0.4 is 10.6 Å². The summed E-state index contributed by atoms with van der Waals surface area (Å²) in [5.41, 5.74) is 0. The summed E-state index contributed by atoms with van der Waals surface area (Å²) in [7, 11) is 0. The minimum Gasteiger partial charge on any atom is -0.454 e. The number of carbonyl (C=O) groups is 4. The number of likely N-dealkylation sites (tertiary alicyclic amines) is 1. The summed E-state index contributed by atoms with van der Waals surface area (Å²) in [6, 6.07) is -0.691. The number of imide groups is 1. The zero-order valence-electron chi connectivity index (χ0n) is 12.4. The van der Waals surface area contributed by atoms with E-state index in [0.717, 1.165) is 19.3 Å². The average Bonchev–Trinajstić information content (AvgIpc) is 2.68. The first-order chi connectivity index (χ1) is 10.5. The van der Waals surface area contributed by atoms with Gasteiger partial charge in [0.15, 0.2) is 6.61 Å². The van der Waals surface area contributed by atoms with E-state index in [9.17, 15) is 19.2 Å². The number of carbonyl (C=O) groups excluding carboxylic acids is 4. The van der Waals surface area contributed by atoms with Crippen LogP contribution in [0.1, 0.15) is 25.7 Å². The number of hydrogen-bond acceptors (Lipinski definition) is 5. The number of ether oxygens (including phenoxy) is 1. The van der Waals surface area contributed by atoms with Crippen molar-refractivity contribution in [3.8, 4) is 0 Å². The Balaban J connectivity index is 2.27. The Morgan fingerprint density at radius 1 is 1.27 bits per heavy atom. The van der Waals surface area contributed by atoms with E-state index in [-0.39, 0.29) is 19.0 Å². The zero-order chi connectivity index (χ0) is 16.4. The monoisotopic (exact) mass is 311 g/mol. The first kappa shape index (κ1) is 17.7. The molecule has 1 aliphatic heterocycles. The Labute approximate surface area is 128 Å². The van der Waals surface area contributed by atoms with E-state index >= 15 is 0 Å². The lowest BCUT2D eigenvalue weighted by Gasteiger charge is -2.19. The van der Waals surface area contributed by atoms with E-state index in [1.165, 1.54) is 11.0 Å². The van der Waals surface area contributed by atoms with E-state index in [2.05, 4.69) is 11.9 Å². The highest BCUT2D eigenvalue weighted by molar-refractivity contribution is 5.95. The molecule has 1 rings (SSSR count). The molecule has 0 spiro atoms. The summed E-state index contributed by atoms with van der Waals surface area (Å²) in [5.74, 6) is -1.49. The zero-order valence-corrected chi connectivity index (χ0v) is 12.4. The molecule has 0 bridgehead atoms. The minimum absolute atomic E-state index is 0.0808. The predicted molar refractivity (Wildman–Crippen MR) is 77.7 cm³/mol. The van der Waals surface area contributed by atoms with E-state index in [1.54, 1.807) is 0 Å².